The van der Waals surface area contributed by atoms with E-state index in [4.69, 9.17) is 16.3 Å². The van der Waals surface area contributed by atoms with Crippen molar-refractivity contribution in [3.05, 3.63) is 69.5 Å². The van der Waals surface area contributed by atoms with E-state index in [1.165, 1.54) is 36.0 Å². The second-order valence-corrected chi connectivity index (χ2v) is 7.58. The standard InChI is InChI=1S/C19H18ClN5O4S/c1-12(29-16-6-4-3-5-15(16)20)18-22-23-19(24(18)2)30-11-17(26)21-13-7-9-14(10-8-13)25(27)28/h3-10,12H,11H2,1-2H3,(H,21,26)/t12-/m0/s1. The van der Waals surface area contributed by atoms with Crippen LogP contribution < -0.4 is 10.1 Å². The van der Waals surface area contributed by atoms with Crippen molar-refractivity contribution < 1.29 is 14.5 Å². The summed E-state index contributed by atoms with van der Waals surface area (Å²) < 4.78 is 7.62. The molecule has 0 aliphatic rings. The van der Waals surface area contributed by atoms with Crippen LogP contribution in [0, 0.1) is 10.1 Å². The van der Waals surface area contributed by atoms with Crippen LogP contribution in [-0.4, -0.2) is 31.3 Å². The zero-order chi connectivity index (χ0) is 21.7. The zero-order valence-electron chi connectivity index (χ0n) is 16.1. The van der Waals surface area contributed by atoms with Crippen LogP contribution in [0.5, 0.6) is 5.75 Å². The molecular weight excluding hydrogens is 430 g/mol. The Morgan fingerprint density at radius 1 is 1.27 bits per heavy atom. The Morgan fingerprint density at radius 3 is 2.63 bits per heavy atom. The first-order valence-electron chi connectivity index (χ1n) is 8.82. The van der Waals surface area contributed by atoms with Crippen molar-refractivity contribution >= 4 is 40.6 Å². The van der Waals surface area contributed by atoms with Gasteiger partial charge in [0.15, 0.2) is 17.1 Å². The van der Waals surface area contributed by atoms with E-state index in [-0.39, 0.29) is 17.3 Å². The number of thioether (sulfide) groups is 1. The average Bonchev–Trinajstić information content (AvgIpc) is 3.09. The van der Waals surface area contributed by atoms with Crippen molar-refractivity contribution in [3.63, 3.8) is 0 Å². The lowest BCUT2D eigenvalue weighted by Crippen LogP contribution is -2.15. The Balaban J connectivity index is 1.57. The first kappa shape index (κ1) is 21.6. The van der Waals surface area contributed by atoms with Gasteiger partial charge in [0, 0.05) is 24.9 Å². The van der Waals surface area contributed by atoms with Gasteiger partial charge in [0.1, 0.15) is 5.75 Å². The molecule has 3 aromatic rings. The third-order valence-corrected chi connectivity index (χ3v) is 5.40. The average molecular weight is 448 g/mol. The number of hydrogen-bond acceptors (Lipinski definition) is 7. The van der Waals surface area contributed by atoms with Crippen LogP contribution in [0.25, 0.3) is 0 Å². The van der Waals surface area contributed by atoms with Gasteiger partial charge in [0.05, 0.1) is 15.7 Å². The molecule has 0 bridgehead atoms. The molecule has 156 valence electrons. The van der Waals surface area contributed by atoms with Crippen LogP contribution in [-0.2, 0) is 11.8 Å². The van der Waals surface area contributed by atoms with E-state index in [1.807, 2.05) is 19.1 Å². The number of nitrogens with zero attached hydrogens (tertiary/aromatic N) is 4. The van der Waals surface area contributed by atoms with Crippen molar-refractivity contribution in [3.8, 4) is 5.75 Å². The summed E-state index contributed by atoms with van der Waals surface area (Å²) in [6, 6.07) is 12.8. The van der Waals surface area contributed by atoms with Crippen molar-refractivity contribution in [1.29, 1.82) is 0 Å². The highest BCUT2D eigenvalue weighted by atomic mass is 35.5. The molecule has 30 heavy (non-hydrogen) atoms. The highest BCUT2D eigenvalue weighted by Gasteiger charge is 2.19. The lowest BCUT2D eigenvalue weighted by atomic mass is 10.3. The molecule has 0 saturated heterocycles. The van der Waals surface area contributed by atoms with Gasteiger partial charge in [0.25, 0.3) is 5.69 Å². The first-order chi connectivity index (χ1) is 14.3. The number of rotatable bonds is 8. The van der Waals surface area contributed by atoms with Crippen LogP contribution >= 0.6 is 23.4 Å². The number of amides is 1. The molecule has 0 saturated carbocycles. The quantitative estimate of drug-likeness (QED) is 0.312. The fourth-order valence-electron chi connectivity index (χ4n) is 2.58. The highest BCUT2D eigenvalue weighted by molar-refractivity contribution is 7.99. The van der Waals surface area contributed by atoms with Gasteiger partial charge >= 0.3 is 0 Å². The number of carbonyl (C=O) groups excluding carboxylic acids is 1. The van der Waals surface area contributed by atoms with E-state index in [9.17, 15) is 14.9 Å². The SMILES string of the molecule is C[C@H](Oc1ccccc1Cl)c1nnc(SCC(=O)Nc2ccc([N+](=O)[O-])cc2)n1C. The smallest absolute Gasteiger partial charge is 0.269 e. The summed E-state index contributed by atoms with van der Waals surface area (Å²) in [5.41, 5.74) is 0.439. The van der Waals surface area contributed by atoms with Gasteiger partial charge in [0.2, 0.25) is 5.91 Å². The number of ether oxygens (including phenoxy) is 1. The number of anilines is 1. The second-order valence-electron chi connectivity index (χ2n) is 6.23. The molecule has 1 amide bonds. The highest BCUT2D eigenvalue weighted by Crippen LogP contribution is 2.29. The zero-order valence-corrected chi connectivity index (χ0v) is 17.7. The minimum atomic E-state index is -0.496. The topological polar surface area (TPSA) is 112 Å². The maximum absolute atomic E-state index is 12.2. The van der Waals surface area contributed by atoms with Gasteiger partial charge in [-0.3, -0.25) is 14.9 Å². The van der Waals surface area contributed by atoms with Crippen molar-refractivity contribution in [2.75, 3.05) is 11.1 Å². The van der Waals surface area contributed by atoms with Gasteiger partial charge in [-0.2, -0.15) is 0 Å². The molecule has 0 aliphatic carbocycles. The maximum Gasteiger partial charge on any atom is 0.269 e. The molecule has 0 fully saturated rings. The summed E-state index contributed by atoms with van der Waals surface area (Å²) in [5.74, 6) is 0.973. The van der Waals surface area contributed by atoms with Crippen LogP contribution in [0.3, 0.4) is 0 Å². The lowest BCUT2D eigenvalue weighted by Gasteiger charge is -2.15. The van der Waals surface area contributed by atoms with E-state index in [1.54, 1.807) is 23.7 Å². The van der Waals surface area contributed by atoms with Gasteiger partial charge in [-0.1, -0.05) is 35.5 Å². The largest absolute Gasteiger partial charge is 0.481 e. The van der Waals surface area contributed by atoms with Crippen molar-refractivity contribution in [2.24, 2.45) is 7.05 Å². The van der Waals surface area contributed by atoms with Crippen molar-refractivity contribution in [1.82, 2.24) is 14.8 Å². The Kier molecular flexibility index (Phi) is 6.91. The number of halogens is 1. The molecule has 1 atom stereocenters. The van der Waals surface area contributed by atoms with Gasteiger partial charge in [-0.25, -0.2) is 0 Å². The summed E-state index contributed by atoms with van der Waals surface area (Å²) in [7, 11) is 1.79. The number of hydrogen-bond donors (Lipinski definition) is 1. The Labute approximate surface area is 181 Å². The monoisotopic (exact) mass is 447 g/mol. The molecular formula is C19H18ClN5O4S. The normalized spacial score (nSPS) is 11.7. The third kappa shape index (κ3) is 5.28. The molecule has 0 unspecified atom stereocenters. The Bertz CT molecular complexity index is 1060. The minimum Gasteiger partial charge on any atom is -0.481 e. The van der Waals surface area contributed by atoms with E-state index in [0.29, 0.717) is 27.4 Å². The fraction of sp³-hybridized carbons (Fsp3) is 0.211. The number of non-ortho nitro benzene ring substituents is 1. The van der Waals surface area contributed by atoms with Crippen LogP contribution in [0.2, 0.25) is 5.02 Å². The van der Waals surface area contributed by atoms with Crippen LogP contribution in [0.1, 0.15) is 18.9 Å². The third-order valence-electron chi connectivity index (χ3n) is 4.07. The van der Waals surface area contributed by atoms with Crippen molar-refractivity contribution in [2.45, 2.75) is 18.2 Å². The number of carbonyl (C=O) groups is 1. The molecule has 0 radical (unpaired) electrons. The summed E-state index contributed by atoms with van der Waals surface area (Å²) in [6.07, 6.45) is -0.398. The van der Waals surface area contributed by atoms with E-state index in [0.717, 1.165) is 0 Å². The summed E-state index contributed by atoms with van der Waals surface area (Å²) >= 11 is 7.34. The number of benzene rings is 2. The Hall–Kier alpha value is -3.11. The molecule has 0 aliphatic heterocycles. The summed E-state index contributed by atoms with van der Waals surface area (Å²) in [5, 5.41) is 22.7. The first-order valence-corrected chi connectivity index (χ1v) is 10.2. The molecule has 1 heterocycles. The predicted molar refractivity (Wildman–Crippen MR) is 114 cm³/mol. The number of para-hydroxylation sites is 1. The fourth-order valence-corrected chi connectivity index (χ4v) is 3.48. The number of nitro groups is 1. The van der Waals surface area contributed by atoms with E-state index in [2.05, 4.69) is 15.5 Å². The molecule has 9 nitrogen and oxygen atoms in total. The molecule has 3 rings (SSSR count). The molecule has 2 aromatic carbocycles. The number of aromatic nitrogens is 3. The summed E-state index contributed by atoms with van der Waals surface area (Å²) in [4.78, 5) is 22.4. The maximum atomic E-state index is 12.2. The van der Waals surface area contributed by atoms with Crippen LogP contribution in [0.4, 0.5) is 11.4 Å². The second kappa shape index (κ2) is 9.59. The lowest BCUT2D eigenvalue weighted by molar-refractivity contribution is -0.384. The molecule has 11 heteroatoms. The summed E-state index contributed by atoms with van der Waals surface area (Å²) in [6.45, 7) is 1.84. The van der Waals surface area contributed by atoms with E-state index >= 15 is 0 Å². The molecule has 1 aromatic heterocycles. The van der Waals surface area contributed by atoms with Gasteiger partial charge < -0.3 is 14.6 Å². The minimum absolute atomic E-state index is 0.0397. The van der Waals surface area contributed by atoms with Gasteiger partial charge in [-0.15, -0.1) is 10.2 Å². The van der Waals surface area contributed by atoms with E-state index < -0.39 is 11.0 Å². The predicted octanol–water partition coefficient (Wildman–Crippen LogP) is 4.25. The molecule has 1 N–H and O–H groups in total. The van der Waals surface area contributed by atoms with Gasteiger partial charge in [-0.05, 0) is 31.2 Å². The number of nitrogens with one attached hydrogen (secondary N) is 1. The molecule has 0 spiro atoms. The Morgan fingerprint density at radius 2 is 1.97 bits per heavy atom. The van der Waals surface area contributed by atoms with Crippen LogP contribution in [0.15, 0.2) is 53.7 Å². The number of nitro benzene ring substituents is 1.